The molecule has 0 aliphatic heterocycles. The molecular weight excluding hydrogens is 261 g/mol. The molecule has 5 nitrogen and oxygen atoms in total. The van der Waals surface area contributed by atoms with E-state index in [-0.39, 0.29) is 10.9 Å². The van der Waals surface area contributed by atoms with E-state index in [2.05, 4.69) is 17.6 Å². The number of hydrogen-bond acceptors (Lipinski definition) is 4. The van der Waals surface area contributed by atoms with Crippen molar-refractivity contribution in [2.75, 3.05) is 6.26 Å². The van der Waals surface area contributed by atoms with Gasteiger partial charge in [0.15, 0.2) is 11.6 Å². The number of halogens is 1. The SMILES string of the molecule is CS.O=C(O)c1c[nH]c2cc(F)c(O)cc2c1=O. The van der Waals surface area contributed by atoms with E-state index in [1.807, 2.05) is 0 Å². The third-order valence-corrected chi connectivity index (χ3v) is 2.18. The fourth-order valence-corrected chi connectivity index (χ4v) is 1.39. The van der Waals surface area contributed by atoms with Crippen LogP contribution < -0.4 is 5.43 Å². The summed E-state index contributed by atoms with van der Waals surface area (Å²) in [5, 5.41) is 17.7. The number of benzene rings is 1. The van der Waals surface area contributed by atoms with Gasteiger partial charge in [-0.1, -0.05) is 0 Å². The molecule has 2 aromatic rings. The van der Waals surface area contributed by atoms with Gasteiger partial charge in [-0.2, -0.15) is 12.6 Å². The molecule has 2 rings (SSSR count). The van der Waals surface area contributed by atoms with Crippen molar-refractivity contribution < 1.29 is 19.4 Å². The largest absolute Gasteiger partial charge is 0.505 e. The summed E-state index contributed by atoms with van der Waals surface area (Å²) in [6.07, 6.45) is 2.68. The first kappa shape index (κ1) is 14.0. The predicted molar refractivity (Wildman–Crippen MR) is 68.1 cm³/mol. The Bertz CT molecular complexity index is 653. The highest BCUT2D eigenvalue weighted by atomic mass is 32.1. The van der Waals surface area contributed by atoms with Gasteiger partial charge < -0.3 is 15.2 Å². The van der Waals surface area contributed by atoms with Gasteiger partial charge in [0.25, 0.3) is 0 Å². The second-order valence-electron chi connectivity index (χ2n) is 3.19. The molecule has 0 fully saturated rings. The first-order valence-electron chi connectivity index (χ1n) is 4.72. The van der Waals surface area contributed by atoms with Gasteiger partial charge in [0.1, 0.15) is 5.56 Å². The van der Waals surface area contributed by atoms with E-state index in [0.717, 1.165) is 18.3 Å². The van der Waals surface area contributed by atoms with E-state index in [1.54, 1.807) is 6.26 Å². The summed E-state index contributed by atoms with van der Waals surface area (Å²) in [4.78, 5) is 24.7. The van der Waals surface area contributed by atoms with Crippen LogP contribution in [0.5, 0.6) is 5.75 Å². The fraction of sp³-hybridized carbons (Fsp3) is 0.0909. The van der Waals surface area contributed by atoms with Crippen LogP contribution in [0, 0.1) is 5.82 Å². The van der Waals surface area contributed by atoms with E-state index >= 15 is 0 Å². The number of nitrogens with one attached hydrogen (secondary N) is 1. The highest BCUT2D eigenvalue weighted by Gasteiger charge is 2.13. The Morgan fingerprint density at radius 3 is 2.56 bits per heavy atom. The first-order valence-corrected chi connectivity index (χ1v) is 5.62. The molecule has 3 N–H and O–H groups in total. The molecule has 7 heteroatoms. The number of hydrogen-bond donors (Lipinski definition) is 4. The summed E-state index contributed by atoms with van der Waals surface area (Å²) in [5.74, 6) is -2.96. The van der Waals surface area contributed by atoms with Crippen LogP contribution in [-0.2, 0) is 0 Å². The van der Waals surface area contributed by atoms with Gasteiger partial charge in [-0.05, 0) is 12.3 Å². The maximum atomic E-state index is 13.0. The molecule has 18 heavy (non-hydrogen) atoms. The van der Waals surface area contributed by atoms with Crippen LogP contribution in [-0.4, -0.2) is 27.4 Å². The Labute approximate surface area is 106 Å². The number of phenolic OH excluding ortho intramolecular Hbond substituents is 1. The van der Waals surface area contributed by atoms with Crippen LogP contribution in [0.3, 0.4) is 0 Å². The smallest absolute Gasteiger partial charge is 0.341 e. The number of carboxylic acid groups (broad SMARTS) is 1. The lowest BCUT2D eigenvalue weighted by molar-refractivity contribution is 0.0695. The van der Waals surface area contributed by atoms with Crippen molar-refractivity contribution in [3.63, 3.8) is 0 Å². The molecule has 0 bridgehead atoms. The summed E-state index contributed by atoms with van der Waals surface area (Å²) in [6, 6.07) is 1.83. The van der Waals surface area contributed by atoms with E-state index in [1.165, 1.54) is 0 Å². The minimum atomic E-state index is -1.38. The second kappa shape index (κ2) is 5.54. The molecule has 0 amide bonds. The zero-order chi connectivity index (χ0) is 13.9. The Morgan fingerprint density at radius 1 is 1.39 bits per heavy atom. The van der Waals surface area contributed by atoms with Crippen molar-refractivity contribution in [3.8, 4) is 5.75 Å². The average molecular weight is 271 g/mol. The zero-order valence-electron chi connectivity index (χ0n) is 9.27. The molecule has 0 atom stereocenters. The number of aromatic hydroxyl groups is 1. The van der Waals surface area contributed by atoms with Crippen molar-refractivity contribution >= 4 is 29.5 Å². The topological polar surface area (TPSA) is 90.4 Å². The number of carbonyl (C=O) groups is 1. The highest BCUT2D eigenvalue weighted by molar-refractivity contribution is 7.79. The molecule has 1 heterocycles. The summed E-state index contributed by atoms with van der Waals surface area (Å²) in [5.41, 5.74) is -1.10. The van der Waals surface area contributed by atoms with Gasteiger partial charge >= 0.3 is 5.97 Å². The molecule has 0 saturated carbocycles. The van der Waals surface area contributed by atoms with Gasteiger partial charge in [0.05, 0.1) is 10.9 Å². The Hall–Kier alpha value is -2.02. The van der Waals surface area contributed by atoms with Crippen LogP contribution >= 0.6 is 12.6 Å². The standard InChI is InChI=1S/C10H6FNO4.CH4S/c11-6-2-7-4(1-8(6)13)9(14)5(3-12-7)10(15)16;1-2/h1-3,13H,(H,12,14)(H,15,16);2H,1H3. The van der Waals surface area contributed by atoms with Gasteiger partial charge in [0, 0.05) is 12.3 Å². The third kappa shape index (κ3) is 2.45. The Kier molecular flexibility index (Phi) is 4.33. The number of fused-ring (bicyclic) bond motifs is 1. The molecule has 0 aliphatic rings. The number of carboxylic acids is 1. The number of aromatic carboxylic acids is 1. The number of pyridine rings is 1. The number of phenols is 1. The van der Waals surface area contributed by atoms with Crippen LogP contribution in [0.1, 0.15) is 10.4 Å². The number of thiol groups is 1. The average Bonchev–Trinajstić information content (AvgIpc) is 2.34. The molecule has 0 unspecified atom stereocenters. The Morgan fingerprint density at radius 2 is 2.00 bits per heavy atom. The third-order valence-electron chi connectivity index (χ3n) is 2.18. The van der Waals surface area contributed by atoms with Crippen molar-refractivity contribution in [3.05, 3.63) is 39.9 Å². The van der Waals surface area contributed by atoms with Crippen molar-refractivity contribution in [1.29, 1.82) is 0 Å². The molecule has 0 radical (unpaired) electrons. The van der Waals surface area contributed by atoms with E-state index in [4.69, 9.17) is 10.2 Å². The monoisotopic (exact) mass is 271 g/mol. The zero-order valence-corrected chi connectivity index (χ0v) is 10.2. The summed E-state index contributed by atoms with van der Waals surface area (Å²) >= 11 is 3.53. The van der Waals surface area contributed by atoms with Crippen LogP contribution in [0.25, 0.3) is 10.9 Å². The van der Waals surface area contributed by atoms with E-state index in [9.17, 15) is 14.0 Å². The van der Waals surface area contributed by atoms with Crippen molar-refractivity contribution in [2.45, 2.75) is 0 Å². The highest BCUT2D eigenvalue weighted by Crippen LogP contribution is 2.20. The van der Waals surface area contributed by atoms with Gasteiger partial charge in [-0.25, -0.2) is 9.18 Å². The molecular formula is C11H10FNO4S. The number of aromatic amines is 1. The molecule has 1 aromatic carbocycles. The number of rotatable bonds is 1. The predicted octanol–water partition coefficient (Wildman–Crippen LogP) is 1.62. The number of H-pyrrole nitrogens is 1. The number of aromatic nitrogens is 1. The van der Waals surface area contributed by atoms with Crippen molar-refractivity contribution in [1.82, 2.24) is 4.98 Å². The lowest BCUT2D eigenvalue weighted by atomic mass is 10.1. The quantitative estimate of drug-likeness (QED) is 0.593. The first-order chi connectivity index (χ1) is 8.50. The summed E-state index contributed by atoms with van der Waals surface area (Å²) < 4.78 is 13.0. The van der Waals surface area contributed by atoms with Gasteiger partial charge in [-0.3, -0.25) is 4.79 Å². The molecule has 96 valence electrons. The minimum Gasteiger partial charge on any atom is -0.505 e. The molecule has 1 aromatic heterocycles. The minimum absolute atomic E-state index is 0.0706. The van der Waals surface area contributed by atoms with Gasteiger partial charge in [0.2, 0.25) is 5.43 Å². The van der Waals surface area contributed by atoms with Gasteiger partial charge in [-0.15, -0.1) is 0 Å². The van der Waals surface area contributed by atoms with Crippen molar-refractivity contribution in [2.24, 2.45) is 0 Å². The van der Waals surface area contributed by atoms with Crippen LogP contribution in [0.15, 0.2) is 23.1 Å². The molecule has 0 saturated heterocycles. The van der Waals surface area contributed by atoms with E-state index < -0.39 is 28.5 Å². The maximum absolute atomic E-state index is 13.0. The fourth-order valence-electron chi connectivity index (χ4n) is 1.39. The van der Waals surface area contributed by atoms with Crippen LogP contribution in [0.4, 0.5) is 4.39 Å². The second-order valence-corrected chi connectivity index (χ2v) is 3.19. The summed E-state index contributed by atoms with van der Waals surface area (Å²) in [6.45, 7) is 0. The van der Waals surface area contributed by atoms with Crippen LogP contribution in [0.2, 0.25) is 0 Å². The van der Waals surface area contributed by atoms with E-state index in [0.29, 0.717) is 0 Å². The molecule has 0 aliphatic carbocycles. The Balaban J connectivity index is 0.000000771. The maximum Gasteiger partial charge on any atom is 0.341 e. The summed E-state index contributed by atoms with van der Waals surface area (Å²) in [7, 11) is 0. The normalized spacial score (nSPS) is 9.72. The lowest BCUT2D eigenvalue weighted by Crippen LogP contribution is -2.15. The molecule has 0 spiro atoms. The lowest BCUT2D eigenvalue weighted by Gasteiger charge is -2.01.